The van der Waals surface area contributed by atoms with Gasteiger partial charge in [-0.1, -0.05) is 103 Å². The standard InChI is InChI=1S/C28H48N2O3.BrH/c1-3-4-5-6-7-8-9-10-11-12-13-14-15-19-24-32-25-27(2)26-33-28(31)29-20-23-30-21-17-16-18-22-30;/h16-18,21-22H,2-15,19-20,23-26H2,1H3;1H. The summed E-state index contributed by atoms with van der Waals surface area (Å²) in [6.07, 6.45) is 22.5. The predicted octanol–water partition coefficient (Wildman–Crippen LogP) is 3.76. The molecule has 1 rings (SSSR count). The van der Waals surface area contributed by atoms with Crippen molar-refractivity contribution >= 4 is 6.09 Å². The monoisotopic (exact) mass is 540 g/mol. The minimum Gasteiger partial charge on any atom is -1.00 e. The fraction of sp³-hybridized carbons (Fsp3) is 0.714. The van der Waals surface area contributed by atoms with Crippen LogP contribution in [0.15, 0.2) is 42.7 Å². The van der Waals surface area contributed by atoms with Crippen molar-refractivity contribution in [3.05, 3.63) is 42.7 Å². The van der Waals surface area contributed by atoms with Crippen molar-refractivity contribution in [3.8, 4) is 0 Å². The SMILES string of the molecule is C=C(COCCCCCCCCCCCCCCCC)COC(=O)NCC[n+]1ccccc1.[Br-]. The number of alkyl carbamates (subject to hydrolysis) is 1. The lowest BCUT2D eigenvalue weighted by Gasteiger charge is -2.09. The molecule has 0 unspecified atom stereocenters. The highest BCUT2D eigenvalue weighted by atomic mass is 79.9. The highest BCUT2D eigenvalue weighted by Crippen LogP contribution is 2.13. The highest BCUT2D eigenvalue weighted by molar-refractivity contribution is 5.67. The van der Waals surface area contributed by atoms with E-state index in [-0.39, 0.29) is 23.6 Å². The van der Waals surface area contributed by atoms with Gasteiger partial charge in [-0.3, -0.25) is 0 Å². The van der Waals surface area contributed by atoms with E-state index >= 15 is 0 Å². The zero-order chi connectivity index (χ0) is 23.8. The van der Waals surface area contributed by atoms with Gasteiger partial charge in [0.15, 0.2) is 18.9 Å². The summed E-state index contributed by atoms with van der Waals surface area (Å²) in [7, 11) is 0. The van der Waals surface area contributed by atoms with Crippen LogP contribution >= 0.6 is 0 Å². The Morgan fingerprint density at radius 1 is 0.794 bits per heavy atom. The average molecular weight is 542 g/mol. The summed E-state index contributed by atoms with van der Waals surface area (Å²) in [5, 5.41) is 2.75. The summed E-state index contributed by atoms with van der Waals surface area (Å²) in [5.41, 5.74) is 0.785. The lowest BCUT2D eigenvalue weighted by atomic mass is 10.0. The normalized spacial score (nSPS) is 10.5. The van der Waals surface area contributed by atoms with Gasteiger partial charge in [0.2, 0.25) is 0 Å². The number of unbranched alkanes of at least 4 members (excludes halogenated alkanes) is 13. The van der Waals surface area contributed by atoms with Crippen molar-refractivity contribution < 1.29 is 35.8 Å². The van der Waals surface area contributed by atoms with Crippen molar-refractivity contribution in [3.63, 3.8) is 0 Å². The summed E-state index contributed by atoms with van der Waals surface area (Å²) < 4.78 is 12.8. The highest BCUT2D eigenvalue weighted by Gasteiger charge is 2.05. The first-order chi connectivity index (χ1) is 16.2. The van der Waals surface area contributed by atoms with Crippen molar-refractivity contribution in [2.75, 3.05) is 26.4 Å². The van der Waals surface area contributed by atoms with Gasteiger partial charge in [0.05, 0.1) is 13.2 Å². The van der Waals surface area contributed by atoms with E-state index < -0.39 is 6.09 Å². The molecule has 1 aromatic heterocycles. The fourth-order valence-electron chi connectivity index (χ4n) is 3.75. The molecule has 0 aromatic carbocycles. The molecule has 0 saturated heterocycles. The molecule has 0 radical (unpaired) electrons. The molecule has 0 bridgehead atoms. The number of carbonyl (C=O) groups excluding carboxylic acids is 1. The largest absolute Gasteiger partial charge is 1.00 e. The number of halogens is 1. The van der Waals surface area contributed by atoms with Crippen molar-refractivity contribution in [2.45, 2.75) is 103 Å². The number of nitrogens with one attached hydrogen (secondary N) is 1. The molecule has 1 aromatic rings. The third-order valence-corrected chi connectivity index (χ3v) is 5.77. The van der Waals surface area contributed by atoms with Gasteiger partial charge >= 0.3 is 6.09 Å². The van der Waals surface area contributed by atoms with Crippen LogP contribution < -0.4 is 26.9 Å². The number of ether oxygens (including phenoxy) is 2. The van der Waals surface area contributed by atoms with Gasteiger partial charge in [-0.2, -0.15) is 0 Å². The molecule has 0 fully saturated rings. The Labute approximate surface area is 219 Å². The molecule has 1 heterocycles. The van der Waals surface area contributed by atoms with Crippen LogP contribution in [0.4, 0.5) is 4.79 Å². The van der Waals surface area contributed by atoms with Crippen molar-refractivity contribution in [2.24, 2.45) is 0 Å². The Morgan fingerprint density at radius 3 is 1.88 bits per heavy atom. The van der Waals surface area contributed by atoms with Gasteiger partial charge in [-0.15, -0.1) is 0 Å². The number of hydrogen-bond acceptors (Lipinski definition) is 3. The topological polar surface area (TPSA) is 51.4 Å². The Bertz CT molecular complexity index is 599. The van der Waals surface area contributed by atoms with E-state index in [1.165, 1.54) is 83.5 Å². The van der Waals surface area contributed by atoms with Crippen LogP contribution in [-0.4, -0.2) is 32.5 Å². The second-order valence-electron chi connectivity index (χ2n) is 9.02. The first-order valence-corrected chi connectivity index (χ1v) is 13.3. The van der Waals surface area contributed by atoms with Gasteiger partial charge in [0.25, 0.3) is 0 Å². The molecule has 6 heteroatoms. The van der Waals surface area contributed by atoms with Gasteiger partial charge in [-0.25, -0.2) is 9.36 Å². The molecule has 34 heavy (non-hydrogen) atoms. The van der Waals surface area contributed by atoms with Gasteiger partial charge in [0.1, 0.15) is 6.61 Å². The first-order valence-electron chi connectivity index (χ1n) is 13.3. The molecule has 5 nitrogen and oxygen atoms in total. The van der Waals surface area contributed by atoms with Crippen molar-refractivity contribution in [1.29, 1.82) is 0 Å². The number of rotatable bonds is 22. The maximum Gasteiger partial charge on any atom is 0.407 e. The number of pyridine rings is 1. The number of hydrogen-bond donors (Lipinski definition) is 1. The van der Waals surface area contributed by atoms with E-state index in [1.807, 2.05) is 35.2 Å². The quantitative estimate of drug-likeness (QED) is 0.138. The molecule has 0 aliphatic heterocycles. The number of nitrogens with zero attached hydrogens (tertiary/aromatic N) is 1. The zero-order valence-corrected chi connectivity index (χ0v) is 23.2. The number of carbonyl (C=O) groups is 1. The van der Waals surface area contributed by atoms with Crippen LogP contribution in [0.3, 0.4) is 0 Å². The maximum atomic E-state index is 11.7. The van der Waals surface area contributed by atoms with Gasteiger partial charge < -0.3 is 31.8 Å². The molecule has 0 aliphatic rings. The van der Waals surface area contributed by atoms with Crippen molar-refractivity contribution in [1.82, 2.24) is 5.32 Å². The predicted molar refractivity (Wildman–Crippen MR) is 136 cm³/mol. The van der Waals surface area contributed by atoms with Crippen LogP contribution in [0, 0.1) is 0 Å². The summed E-state index contributed by atoms with van der Waals surface area (Å²) in [4.78, 5) is 11.7. The Balaban J connectivity index is 0.0000109. The van der Waals surface area contributed by atoms with Crippen LogP contribution in [0.1, 0.15) is 96.8 Å². The zero-order valence-electron chi connectivity index (χ0n) is 21.6. The number of aromatic nitrogens is 1. The molecule has 0 atom stereocenters. The average Bonchev–Trinajstić information content (AvgIpc) is 2.83. The maximum absolute atomic E-state index is 11.7. The molecule has 1 N–H and O–H groups in total. The van der Waals surface area contributed by atoms with E-state index in [4.69, 9.17) is 9.47 Å². The van der Waals surface area contributed by atoms with E-state index in [0.717, 1.165) is 18.6 Å². The lowest BCUT2D eigenvalue weighted by Crippen LogP contribution is -3.00. The van der Waals surface area contributed by atoms with E-state index in [0.29, 0.717) is 19.7 Å². The first kappa shape index (κ1) is 32.6. The van der Waals surface area contributed by atoms with E-state index in [9.17, 15) is 4.79 Å². The summed E-state index contributed by atoms with van der Waals surface area (Å²) in [6.45, 7) is 8.83. The van der Waals surface area contributed by atoms with E-state index in [1.54, 1.807) is 0 Å². The summed E-state index contributed by atoms with van der Waals surface area (Å²) >= 11 is 0. The third kappa shape index (κ3) is 21.2. The molecule has 0 aliphatic carbocycles. The van der Waals surface area contributed by atoms with Crippen LogP contribution in [0.2, 0.25) is 0 Å². The number of amides is 1. The second kappa shape index (κ2) is 24.7. The molecule has 1 amide bonds. The van der Waals surface area contributed by atoms with Gasteiger partial charge in [-0.05, 0) is 12.0 Å². The molecule has 196 valence electrons. The fourth-order valence-corrected chi connectivity index (χ4v) is 3.75. The molecule has 0 spiro atoms. The summed E-state index contributed by atoms with van der Waals surface area (Å²) in [5.74, 6) is 0. The van der Waals surface area contributed by atoms with E-state index in [2.05, 4.69) is 18.8 Å². The molecule has 0 saturated carbocycles. The van der Waals surface area contributed by atoms with Crippen LogP contribution in [-0.2, 0) is 16.0 Å². The summed E-state index contributed by atoms with van der Waals surface area (Å²) in [6, 6.07) is 5.88. The second-order valence-corrected chi connectivity index (χ2v) is 9.02. The van der Waals surface area contributed by atoms with Gasteiger partial charge in [0, 0.05) is 18.7 Å². The van der Waals surface area contributed by atoms with Crippen LogP contribution in [0.25, 0.3) is 0 Å². The smallest absolute Gasteiger partial charge is 0.407 e. The minimum absolute atomic E-state index is 0. The lowest BCUT2D eigenvalue weighted by molar-refractivity contribution is -0.694. The molecular weight excluding hydrogens is 492 g/mol. The third-order valence-electron chi connectivity index (χ3n) is 5.77. The Morgan fingerprint density at radius 2 is 1.32 bits per heavy atom. The Kier molecular flexibility index (Phi) is 23.7. The van der Waals surface area contributed by atoms with Crippen LogP contribution in [0.5, 0.6) is 0 Å². The minimum atomic E-state index is -0.417. The Hall–Kier alpha value is -1.40. The molecular formula is C28H49BrN2O3.